The molecule has 3 nitrogen and oxygen atoms in total. The lowest BCUT2D eigenvalue weighted by atomic mass is 10.1. The van der Waals surface area contributed by atoms with Gasteiger partial charge in [0.05, 0.1) is 5.69 Å². The number of aldehydes is 1. The van der Waals surface area contributed by atoms with Crippen molar-refractivity contribution in [3.05, 3.63) is 22.7 Å². The van der Waals surface area contributed by atoms with Crippen LogP contribution >= 0.6 is 11.6 Å². The summed E-state index contributed by atoms with van der Waals surface area (Å²) < 4.78 is 0. The number of carbonyl (C=O) groups excluding carboxylic acids is 1. The van der Waals surface area contributed by atoms with E-state index in [9.17, 15) is 4.79 Å². The van der Waals surface area contributed by atoms with Crippen LogP contribution in [0.5, 0.6) is 5.75 Å². The van der Waals surface area contributed by atoms with Crippen molar-refractivity contribution in [1.82, 2.24) is 0 Å². The first kappa shape index (κ1) is 8.87. The van der Waals surface area contributed by atoms with Crippen molar-refractivity contribution in [2.24, 2.45) is 0 Å². The lowest BCUT2D eigenvalue weighted by Crippen LogP contribution is -1.95. The van der Waals surface area contributed by atoms with Crippen molar-refractivity contribution >= 4 is 23.6 Å². The molecule has 0 saturated heterocycles. The van der Waals surface area contributed by atoms with Gasteiger partial charge in [-0.3, -0.25) is 0 Å². The monoisotopic (exact) mass is 185 g/mol. The molecule has 1 aromatic rings. The average Bonchev–Trinajstić information content (AvgIpc) is 2.07. The predicted octanol–water partition coefficient (Wildman–Crippen LogP) is 1.37. The van der Waals surface area contributed by atoms with Crippen LogP contribution < -0.4 is 5.73 Å². The van der Waals surface area contributed by atoms with Crippen LogP contribution in [0.2, 0.25) is 5.02 Å². The van der Waals surface area contributed by atoms with E-state index in [1.54, 1.807) is 6.07 Å². The predicted molar refractivity (Wildman–Crippen MR) is 47.3 cm³/mol. The van der Waals surface area contributed by atoms with E-state index >= 15 is 0 Å². The summed E-state index contributed by atoms with van der Waals surface area (Å²) in [6.07, 6.45) is 0.949. The first-order valence-electron chi connectivity index (χ1n) is 3.36. The Labute approximate surface area is 74.8 Å². The van der Waals surface area contributed by atoms with E-state index in [4.69, 9.17) is 22.4 Å². The minimum absolute atomic E-state index is 0.0659. The van der Waals surface area contributed by atoms with Crippen molar-refractivity contribution in [1.29, 1.82) is 0 Å². The van der Waals surface area contributed by atoms with Gasteiger partial charge in [0.15, 0.2) is 0 Å². The van der Waals surface area contributed by atoms with Gasteiger partial charge in [-0.2, -0.15) is 0 Å². The molecule has 0 saturated carbocycles. The summed E-state index contributed by atoms with van der Waals surface area (Å²) in [6, 6.07) is 2.99. The molecule has 64 valence electrons. The van der Waals surface area contributed by atoms with Gasteiger partial charge in [-0.15, -0.1) is 0 Å². The molecule has 0 amide bonds. The summed E-state index contributed by atoms with van der Waals surface area (Å²) in [4.78, 5) is 10.2. The molecule has 0 radical (unpaired) electrons. The molecule has 0 heterocycles. The number of nitrogens with two attached hydrogens (primary N) is 1. The normalized spacial score (nSPS) is 9.75. The molecule has 1 aromatic carbocycles. The Balaban J connectivity index is 3.16. The highest BCUT2D eigenvalue weighted by Gasteiger charge is 2.06. The van der Waals surface area contributed by atoms with Crippen LogP contribution in [0.1, 0.15) is 5.56 Å². The minimum Gasteiger partial charge on any atom is -0.506 e. The number of halogens is 1. The lowest BCUT2D eigenvalue weighted by molar-refractivity contribution is -0.107. The second-order valence-corrected chi connectivity index (χ2v) is 2.72. The summed E-state index contributed by atoms with van der Waals surface area (Å²) in [5, 5.41) is 9.20. The van der Waals surface area contributed by atoms with Crippen molar-refractivity contribution in [2.75, 3.05) is 5.73 Å². The number of phenols is 1. The fourth-order valence-corrected chi connectivity index (χ4v) is 1.07. The van der Waals surface area contributed by atoms with E-state index in [-0.39, 0.29) is 22.9 Å². The Hall–Kier alpha value is -1.22. The van der Waals surface area contributed by atoms with E-state index in [0.29, 0.717) is 5.56 Å². The Morgan fingerprint density at radius 1 is 1.58 bits per heavy atom. The van der Waals surface area contributed by atoms with E-state index < -0.39 is 0 Å². The van der Waals surface area contributed by atoms with Crippen LogP contribution in [0.4, 0.5) is 5.69 Å². The third-order valence-electron chi connectivity index (χ3n) is 1.55. The highest BCUT2D eigenvalue weighted by atomic mass is 35.5. The molecule has 0 spiro atoms. The fourth-order valence-electron chi connectivity index (χ4n) is 0.889. The maximum absolute atomic E-state index is 10.2. The fraction of sp³-hybridized carbons (Fsp3) is 0.125. The zero-order valence-electron chi connectivity index (χ0n) is 6.25. The SMILES string of the molecule is Nc1c(CC=O)ccc(O)c1Cl. The quantitative estimate of drug-likeness (QED) is 0.540. The summed E-state index contributed by atoms with van der Waals surface area (Å²) in [5.74, 6) is -0.0659. The molecule has 4 heteroatoms. The molecule has 0 aliphatic carbocycles. The van der Waals surface area contributed by atoms with Gasteiger partial charge in [-0.1, -0.05) is 17.7 Å². The third-order valence-corrected chi connectivity index (χ3v) is 1.95. The molecule has 0 aliphatic heterocycles. The number of aromatic hydroxyl groups is 1. The number of hydrogen-bond donors (Lipinski definition) is 2. The molecule has 0 aromatic heterocycles. The van der Waals surface area contributed by atoms with Crippen LogP contribution in [-0.2, 0) is 11.2 Å². The molecular weight excluding hydrogens is 178 g/mol. The first-order valence-corrected chi connectivity index (χ1v) is 3.74. The lowest BCUT2D eigenvalue weighted by Gasteiger charge is -2.04. The Morgan fingerprint density at radius 3 is 2.83 bits per heavy atom. The molecule has 1 rings (SSSR count). The van der Waals surface area contributed by atoms with Crippen LogP contribution in [0, 0.1) is 0 Å². The molecule has 0 fully saturated rings. The maximum Gasteiger partial charge on any atom is 0.136 e. The second kappa shape index (κ2) is 3.45. The molecule has 0 bridgehead atoms. The Kier molecular flexibility index (Phi) is 2.55. The molecular formula is C8H8ClNO2. The van der Waals surface area contributed by atoms with E-state index in [2.05, 4.69) is 0 Å². The average molecular weight is 186 g/mol. The van der Waals surface area contributed by atoms with Crippen molar-refractivity contribution in [3.63, 3.8) is 0 Å². The molecule has 12 heavy (non-hydrogen) atoms. The molecule has 3 N–H and O–H groups in total. The Bertz CT molecular complexity index is 312. The summed E-state index contributed by atoms with van der Waals surface area (Å²) in [7, 11) is 0. The molecule has 0 aliphatic rings. The zero-order valence-corrected chi connectivity index (χ0v) is 7.01. The van der Waals surface area contributed by atoms with Gasteiger partial charge in [0, 0.05) is 6.42 Å². The summed E-state index contributed by atoms with van der Waals surface area (Å²) >= 11 is 5.63. The maximum atomic E-state index is 10.2. The van der Waals surface area contributed by atoms with Crippen molar-refractivity contribution in [3.8, 4) is 5.75 Å². The standard InChI is InChI=1S/C8H8ClNO2/c9-7-6(12)2-1-5(3-4-11)8(7)10/h1-2,4,12H,3,10H2. The highest BCUT2D eigenvalue weighted by Crippen LogP contribution is 2.31. The number of nitrogen functional groups attached to an aromatic ring is 1. The van der Waals surface area contributed by atoms with Gasteiger partial charge in [0.25, 0.3) is 0 Å². The van der Waals surface area contributed by atoms with Crippen LogP contribution in [-0.4, -0.2) is 11.4 Å². The van der Waals surface area contributed by atoms with E-state index in [1.165, 1.54) is 6.07 Å². The van der Waals surface area contributed by atoms with Gasteiger partial charge < -0.3 is 15.6 Å². The minimum atomic E-state index is -0.0659. The number of benzene rings is 1. The summed E-state index contributed by atoms with van der Waals surface area (Å²) in [6.45, 7) is 0. The number of phenolic OH excluding ortho intramolecular Hbond substituents is 1. The first-order chi connectivity index (χ1) is 5.66. The van der Waals surface area contributed by atoms with Gasteiger partial charge in [0.1, 0.15) is 17.1 Å². The van der Waals surface area contributed by atoms with Gasteiger partial charge in [-0.05, 0) is 11.6 Å². The second-order valence-electron chi connectivity index (χ2n) is 2.34. The van der Waals surface area contributed by atoms with Crippen LogP contribution in [0.15, 0.2) is 12.1 Å². The summed E-state index contributed by atoms with van der Waals surface area (Å²) in [5.41, 5.74) is 6.42. The number of carbonyl (C=O) groups is 1. The smallest absolute Gasteiger partial charge is 0.136 e. The highest BCUT2D eigenvalue weighted by molar-refractivity contribution is 6.34. The van der Waals surface area contributed by atoms with Gasteiger partial charge >= 0.3 is 0 Å². The number of rotatable bonds is 2. The Morgan fingerprint density at radius 2 is 2.25 bits per heavy atom. The number of anilines is 1. The van der Waals surface area contributed by atoms with Crippen molar-refractivity contribution < 1.29 is 9.90 Å². The van der Waals surface area contributed by atoms with Crippen LogP contribution in [0.3, 0.4) is 0 Å². The third kappa shape index (κ3) is 1.51. The van der Waals surface area contributed by atoms with Gasteiger partial charge in [-0.25, -0.2) is 0 Å². The van der Waals surface area contributed by atoms with Crippen LogP contribution in [0.25, 0.3) is 0 Å². The topological polar surface area (TPSA) is 63.3 Å². The van der Waals surface area contributed by atoms with Crippen molar-refractivity contribution in [2.45, 2.75) is 6.42 Å². The van der Waals surface area contributed by atoms with Gasteiger partial charge in [0.2, 0.25) is 0 Å². The molecule has 0 unspecified atom stereocenters. The van der Waals surface area contributed by atoms with E-state index in [0.717, 1.165) is 6.29 Å². The molecule has 0 atom stereocenters. The largest absolute Gasteiger partial charge is 0.506 e. The van der Waals surface area contributed by atoms with E-state index in [1.807, 2.05) is 0 Å². The zero-order chi connectivity index (χ0) is 9.14. The number of hydrogen-bond acceptors (Lipinski definition) is 3.